The van der Waals surface area contributed by atoms with Gasteiger partial charge in [-0.25, -0.2) is 4.98 Å². The van der Waals surface area contributed by atoms with Gasteiger partial charge in [-0.3, -0.25) is 0 Å². The van der Waals surface area contributed by atoms with Gasteiger partial charge in [-0.2, -0.15) is 0 Å². The summed E-state index contributed by atoms with van der Waals surface area (Å²) >= 11 is 1.62. The van der Waals surface area contributed by atoms with E-state index in [4.69, 9.17) is 10.2 Å². The lowest BCUT2D eigenvalue weighted by Gasteiger charge is -1.97. The van der Waals surface area contributed by atoms with Crippen LogP contribution in [0.3, 0.4) is 0 Å². The lowest BCUT2D eigenvalue weighted by molar-refractivity contribution is 0.300. The minimum atomic E-state index is 0.168. The third-order valence-corrected chi connectivity index (χ3v) is 3.31. The van der Waals surface area contributed by atoms with Gasteiger partial charge in [0.2, 0.25) is 0 Å². The summed E-state index contributed by atoms with van der Waals surface area (Å²) in [6.07, 6.45) is 3.26. The number of aromatic nitrogens is 1. The molecule has 2 aromatic rings. The maximum absolute atomic E-state index is 9.16. The van der Waals surface area contributed by atoms with Crippen molar-refractivity contribution < 1.29 is 10.2 Å². The first kappa shape index (κ1) is 11.1. The van der Waals surface area contributed by atoms with Gasteiger partial charge in [0.1, 0.15) is 5.75 Å². The van der Waals surface area contributed by atoms with Crippen molar-refractivity contribution in [3.8, 4) is 5.75 Å². The van der Waals surface area contributed by atoms with Crippen molar-refractivity contribution in [2.24, 2.45) is 0 Å². The summed E-state index contributed by atoms with van der Waals surface area (Å²) in [5.41, 5.74) is 1.13. The second-order valence-corrected chi connectivity index (χ2v) is 4.74. The highest BCUT2D eigenvalue weighted by molar-refractivity contribution is 7.11. The molecule has 0 unspecified atom stereocenters. The van der Waals surface area contributed by atoms with E-state index in [1.165, 1.54) is 0 Å². The van der Waals surface area contributed by atoms with Gasteiger partial charge in [-0.1, -0.05) is 12.1 Å². The minimum absolute atomic E-state index is 0.168. The molecule has 0 amide bonds. The smallest absolute Gasteiger partial charge is 0.115 e. The summed E-state index contributed by atoms with van der Waals surface area (Å²) in [6, 6.07) is 7.14. The van der Waals surface area contributed by atoms with Gasteiger partial charge in [-0.15, -0.1) is 11.3 Å². The second-order valence-electron chi connectivity index (χ2n) is 3.54. The van der Waals surface area contributed by atoms with Gasteiger partial charge in [0.15, 0.2) is 0 Å². The Hall–Kier alpha value is -1.39. The van der Waals surface area contributed by atoms with Crippen LogP contribution in [0.25, 0.3) is 0 Å². The van der Waals surface area contributed by atoms with Crippen molar-refractivity contribution >= 4 is 11.3 Å². The zero-order chi connectivity index (χ0) is 11.4. The Bertz CT molecular complexity index is 450. The maximum atomic E-state index is 9.16. The highest BCUT2D eigenvalue weighted by Gasteiger charge is 2.03. The molecule has 4 heteroatoms. The molecule has 16 heavy (non-hydrogen) atoms. The van der Waals surface area contributed by atoms with Crippen LogP contribution in [0, 0.1) is 0 Å². The van der Waals surface area contributed by atoms with Crippen molar-refractivity contribution in [2.75, 3.05) is 6.61 Å². The number of aliphatic hydroxyl groups is 1. The molecule has 3 nitrogen and oxygen atoms in total. The lowest BCUT2D eigenvalue weighted by atomic mass is 10.1. The number of benzene rings is 1. The standard InChI is InChI=1S/C12H13NO2S/c14-6-5-11-8-13-12(16-11)7-9-1-3-10(15)4-2-9/h1-4,8,14-15H,5-7H2. The fraction of sp³-hybridized carbons (Fsp3) is 0.250. The molecule has 0 saturated heterocycles. The van der Waals surface area contributed by atoms with Crippen molar-refractivity contribution in [3.05, 3.63) is 45.9 Å². The number of phenols is 1. The molecule has 0 saturated carbocycles. The van der Waals surface area contributed by atoms with Crippen LogP contribution in [0.1, 0.15) is 15.4 Å². The van der Waals surface area contributed by atoms with E-state index in [1.807, 2.05) is 18.3 Å². The van der Waals surface area contributed by atoms with E-state index in [2.05, 4.69) is 4.98 Å². The molecule has 1 aromatic carbocycles. The fourth-order valence-corrected chi connectivity index (χ4v) is 2.39. The predicted molar refractivity (Wildman–Crippen MR) is 63.8 cm³/mol. The highest BCUT2D eigenvalue weighted by atomic mass is 32.1. The van der Waals surface area contributed by atoms with Gasteiger partial charge in [-0.05, 0) is 17.7 Å². The molecule has 0 fully saturated rings. The first-order chi connectivity index (χ1) is 7.78. The molecule has 0 aliphatic rings. The molecule has 1 heterocycles. The SMILES string of the molecule is OCCc1cnc(Cc2ccc(O)cc2)s1. The van der Waals surface area contributed by atoms with E-state index >= 15 is 0 Å². The summed E-state index contributed by atoms with van der Waals surface area (Å²) in [5.74, 6) is 0.281. The number of hydrogen-bond donors (Lipinski definition) is 2. The largest absolute Gasteiger partial charge is 0.508 e. The van der Waals surface area contributed by atoms with E-state index in [-0.39, 0.29) is 12.4 Å². The van der Waals surface area contributed by atoms with Gasteiger partial charge in [0.25, 0.3) is 0 Å². The van der Waals surface area contributed by atoms with Crippen LogP contribution in [0.15, 0.2) is 30.5 Å². The van der Waals surface area contributed by atoms with Crippen molar-refractivity contribution in [3.63, 3.8) is 0 Å². The Kier molecular flexibility index (Phi) is 3.54. The topological polar surface area (TPSA) is 53.4 Å². The van der Waals surface area contributed by atoms with Crippen LogP contribution in [0.4, 0.5) is 0 Å². The van der Waals surface area contributed by atoms with E-state index in [0.717, 1.165) is 21.9 Å². The zero-order valence-corrected chi connectivity index (χ0v) is 9.57. The van der Waals surface area contributed by atoms with Crippen LogP contribution in [-0.4, -0.2) is 21.8 Å². The molecular weight excluding hydrogens is 222 g/mol. The van der Waals surface area contributed by atoms with Crippen LogP contribution < -0.4 is 0 Å². The third kappa shape index (κ3) is 2.81. The van der Waals surface area contributed by atoms with E-state index in [1.54, 1.807) is 23.5 Å². The molecule has 1 aromatic heterocycles. The molecule has 0 bridgehead atoms. The molecular formula is C12H13NO2S. The average Bonchev–Trinajstić information content (AvgIpc) is 2.70. The van der Waals surface area contributed by atoms with Gasteiger partial charge >= 0.3 is 0 Å². The van der Waals surface area contributed by atoms with E-state index in [0.29, 0.717) is 6.42 Å². The highest BCUT2D eigenvalue weighted by Crippen LogP contribution is 2.18. The van der Waals surface area contributed by atoms with Crippen molar-refractivity contribution in [2.45, 2.75) is 12.8 Å². The third-order valence-electron chi connectivity index (χ3n) is 2.25. The molecule has 0 spiro atoms. The van der Waals surface area contributed by atoms with Crippen LogP contribution in [-0.2, 0) is 12.8 Å². The normalized spacial score (nSPS) is 10.6. The Labute approximate surface area is 98.0 Å². The van der Waals surface area contributed by atoms with Crippen LogP contribution in [0.2, 0.25) is 0 Å². The van der Waals surface area contributed by atoms with Crippen LogP contribution >= 0.6 is 11.3 Å². The quantitative estimate of drug-likeness (QED) is 0.852. The number of aliphatic hydroxyl groups excluding tert-OH is 1. The second kappa shape index (κ2) is 5.09. The van der Waals surface area contributed by atoms with E-state index < -0.39 is 0 Å². The molecule has 0 radical (unpaired) electrons. The number of hydrogen-bond acceptors (Lipinski definition) is 4. The summed E-state index contributed by atoms with van der Waals surface area (Å²) in [4.78, 5) is 5.41. The zero-order valence-electron chi connectivity index (χ0n) is 8.76. The Balaban J connectivity index is 2.05. The molecule has 2 rings (SSSR count). The Morgan fingerprint density at radius 1 is 1.19 bits per heavy atom. The van der Waals surface area contributed by atoms with Crippen molar-refractivity contribution in [1.29, 1.82) is 0 Å². The minimum Gasteiger partial charge on any atom is -0.508 e. The summed E-state index contributed by atoms with van der Waals surface area (Å²) < 4.78 is 0. The molecule has 84 valence electrons. The summed E-state index contributed by atoms with van der Waals surface area (Å²) in [6.45, 7) is 0.168. The molecule has 0 aliphatic carbocycles. The Morgan fingerprint density at radius 3 is 2.62 bits per heavy atom. The molecule has 2 N–H and O–H groups in total. The van der Waals surface area contributed by atoms with Gasteiger partial charge < -0.3 is 10.2 Å². The number of thiazole rings is 1. The predicted octanol–water partition coefficient (Wildman–Crippen LogP) is 1.97. The average molecular weight is 235 g/mol. The fourth-order valence-electron chi connectivity index (χ4n) is 1.44. The van der Waals surface area contributed by atoms with Crippen LogP contribution in [0.5, 0.6) is 5.75 Å². The number of rotatable bonds is 4. The Morgan fingerprint density at radius 2 is 1.94 bits per heavy atom. The first-order valence-corrected chi connectivity index (χ1v) is 5.92. The van der Waals surface area contributed by atoms with Gasteiger partial charge in [0.05, 0.1) is 5.01 Å². The van der Waals surface area contributed by atoms with Gasteiger partial charge in [0, 0.05) is 30.5 Å². The number of nitrogens with zero attached hydrogens (tertiary/aromatic N) is 1. The first-order valence-electron chi connectivity index (χ1n) is 5.10. The van der Waals surface area contributed by atoms with E-state index in [9.17, 15) is 0 Å². The maximum Gasteiger partial charge on any atom is 0.115 e. The monoisotopic (exact) mass is 235 g/mol. The molecule has 0 atom stereocenters. The molecule has 0 aliphatic heterocycles. The van der Waals surface area contributed by atoms with Crippen molar-refractivity contribution in [1.82, 2.24) is 4.98 Å². The number of aromatic hydroxyl groups is 1. The summed E-state index contributed by atoms with van der Waals surface area (Å²) in [7, 11) is 0. The lowest BCUT2D eigenvalue weighted by Crippen LogP contribution is -1.85. The number of phenolic OH excluding ortho intramolecular Hbond substituents is 1. The summed E-state index contributed by atoms with van der Waals surface area (Å²) in [5, 5.41) is 19.0.